The average Bonchev–Trinajstić information content (AvgIpc) is 3.43. The Balaban J connectivity index is 1.35. The van der Waals surface area contributed by atoms with Crippen LogP contribution in [0.1, 0.15) is 22.4 Å². The first-order valence-electron chi connectivity index (χ1n) is 9.44. The molecule has 0 spiro atoms. The zero-order chi connectivity index (χ0) is 22.5. The van der Waals surface area contributed by atoms with Crippen LogP contribution in [-0.2, 0) is 11.4 Å². The molecule has 0 aliphatic heterocycles. The van der Waals surface area contributed by atoms with E-state index < -0.39 is 0 Å². The molecule has 4 aromatic rings. The van der Waals surface area contributed by atoms with Gasteiger partial charge in [0.2, 0.25) is 5.91 Å². The van der Waals surface area contributed by atoms with Gasteiger partial charge in [-0.15, -0.1) is 22.7 Å². The molecule has 162 valence electrons. The molecule has 2 N–H and O–H groups in total. The van der Waals surface area contributed by atoms with Gasteiger partial charge in [0.05, 0.1) is 5.69 Å². The van der Waals surface area contributed by atoms with E-state index in [1.165, 1.54) is 53.9 Å². The number of carbonyl (C=O) groups excluding carboxylic acids is 2. The molecule has 2 aromatic heterocycles. The third-order valence-corrected chi connectivity index (χ3v) is 5.77. The van der Waals surface area contributed by atoms with Crippen LogP contribution in [0.2, 0.25) is 0 Å². The summed E-state index contributed by atoms with van der Waals surface area (Å²) in [7, 11) is 0. The molecule has 4 rings (SSSR count). The van der Waals surface area contributed by atoms with Crippen molar-refractivity contribution in [2.75, 3.05) is 10.6 Å². The summed E-state index contributed by atoms with van der Waals surface area (Å²) in [6.45, 7) is 1.63. The van der Waals surface area contributed by atoms with E-state index in [2.05, 4.69) is 20.6 Å². The number of halogens is 1. The number of rotatable bonds is 7. The topological polar surface area (TPSA) is 93.2 Å². The van der Waals surface area contributed by atoms with Gasteiger partial charge in [-0.2, -0.15) is 0 Å². The van der Waals surface area contributed by atoms with Gasteiger partial charge in [-0.3, -0.25) is 14.9 Å². The Morgan fingerprint density at radius 3 is 2.44 bits per heavy atom. The molecule has 0 fully saturated rings. The van der Waals surface area contributed by atoms with Crippen molar-refractivity contribution in [2.24, 2.45) is 0 Å². The number of nitrogens with zero attached hydrogens (tertiary/aromatic N) is 2. The fraction of sp³-hybridized carbons (Fsp3) is 0.0909. The van der Waals surface area contributed by atoms with Crippen molar-refractivity contribution in [3.8, 4) is 17.0 Å². The first-order valence-corrected chi connectivity index (χ1v) is 11.2. The maximum atomic E-state index is 12.9. The lowest BCUT2D eigenvalue weighted by Crippen LogP contribution is -2.12. The van der Waals surface area contributed by atoms with Crippen molar-refractivity contribution >= 4 is 45.3 Å². The number of hydrogen-bond donors (Lipinski definition) is 2. The van der Waals surface area contributed by atoms with Crippen molar-refractivity contribution < 1.29 is 18.7 Å². The highest BCUT2D eigenvalue weighted by atomic mass is 32.1. The monoisotopic (exact) mass is 468 g/mol. The lowest BCUT2D eigenvalue weighted by atomic mass is 10.1. The first kappa shape index (κ1) is 21.6. The van der Waals surface area contributed by atoms with E-state index in [1.807, 2.05) is 17.5 Å². The van der Waals surface area contributed by atoms with Crippen LogP contribution in [0.3, 0.4) is 0 Å². The van der Waals surface area contributed by atoms with Gasteiger partial charge in [0.25, 0.3) is 5.91 Å². The van der Waals surface area contributed by atoms with Gasteiger partial charge in [0, 0.05) is 28.9 Å². The quantitative estimate of drug-likeness (QED) is 0.389. The van der Waals surface area contributed by atoms with Crippen molar-refractivity contribution in [3.05, 3.63) is 75.8 Å². The van der Waals surface area contributed by atoms with Gasteiger partial charge in [-0.1, -0.05) is 12.1 Å². The van der Waals surface area contributed by atoms with Crippen molar-refractivity contribution in [3.63, 3.8) is 0 Å². The summed E-state index contributed by atoms with van der Waals surface area (Å²) in [5, 5.41) is 10.0. The predicted octanol–water partition coefficient (Wildman–Crippen LogP) is 5.20. The fourth-order valence-corrected chi connectivity index (χ4v) is 4.11. The third-order valence-electron chi connectivity index (χ3n) is 4.19. The van der Waals surface area contributed by atoms with Gasteiger partial charge in [-0.05, 0) is 36.4 Å². The fourth-order valence-electron chi connectivity index (χ4n) is 2.71. The largest absolute Gasteiger partial charge is 0.486 e. The zero-order valence-electron chi connectivity index (χ0n) is 16.8. The first-order chi connectivity index (χ1) is 15.5. The molecule has 0 saturated carbocycles. The highest BCUT2D eigenvalue weighted by Crippen LogP contribution is 2.26. The van der Waals surface area contributed by atoms with E-state index in [9.17, 15) is 14.0 Å². The average molecular weight is 469 g/mol. The smallest absolute Gasteiger partial charge is 0.276 e. The minimum atomic E-state index is -0.365. The minimum absolute atomic E-state index is 0.136. The molecule has 0 atom stereocenters. The predicted molar refractivity (Wildman–Crippen MR) is 123 cm³/mol. The molecule has 0 radical (unpaired) electrons. The summed E-state index contributed by atoms with van der Waals surface area (Å²) in [5.41, 5.74) is 2.55. The number of carbonyl (C=O) groups is 2. The molecule has 32 heavy (non-hydrogen) atoms. The van der Waals surface area contributed by atoms with E-state index >= 15 is 0 Å². The maximum absolute atomic E-state index is 12.9. The molecular formula is C22H17FN4O3S2. The number of ether oxygens (including phenoxy) is 1. The Hall–Kier alpha value is -3.63. The van der Waals surface area contributed by atoms with Crippen LogP contribution in [0.25, 0.3) is 11.3 Å². The lowest BCUT2D eigenvalue weighted by molar-refractivity contribution is -0.114. The number of hydrogen-bond acceptors (Lipinski definition) is 7. The summed E-state index contributed by atoms with van der Waals surface area (Å²) >= 11 is 2.61. The molecule has 2 amide bonds. The van der Waals surface area contributed by atoms with Crippen LogP contribution in [0, 0.1) is 5.82 Å². The highest BCUT2D eigenvalue weighted by Gasteiger charge is 2.14. The Morgan fingerprint density at radius 1 is 0.969 bits per heavy atom. The molecule has 10 heteroatoms. The van der Waals surface area contributed by atoms with Crippen LogP contribution >= 0.6 is 22.7 Å². The number of amides is 2. The molecule has 0 aliphatic carbocycles. The summed E-state index contributed by atoms with van der Waals surface area (Å²) in [4.78, 5) is 32.4. The summed E-state index contributed by atoms with van der Waals surface area (Å²) in [6, 6.07) is 13.0. The van der Waals surface area contributed by atoms with Crippen LogP contribution in [0.15, 0.2) is 59.3 Å². The molecule has 2 heterocycles. The normalized spacial score (nSPS) is 10.6. The number of aromatic nitrogens is 2. The molecule has 7 nitrogen and oxygen atoms in total. The third kappa shape index (κ3) is 5.54. The Labute approximate surface area is 190 Å². The lowest BCUT2D eigenvalue weighted by Gasteiger charge is -2.03. The van der Waals surface area contributed by atoms with Gasteiger partial charge >= 0.3 is 0 Å². The summed E-state index contributed by atoms with van der Waals surface area (Å²) < 4.78 is 18.5. The van der Waals surface area contributed by atoms with E-state index in [1.54, 1.807) is 17.5 Å². The van der Waals surface area contributed by atoms with Gasteiger partial charge in [-0.25, -0.2) is 14.4 Å². The van der Waals surface area contributed by atoms with E-state index in [0.717, 1.165) is 5.56 Å². The SMILES string of the molecule is CC(=O)Nc1ccc(-c2csc(NC(=O)c3csc(COc4ccc(F)cc4)n3)n2)cc1. The van der Waals surface area contributed by atoms with Crippen LogP contribution in [-0.4, -0.2) is 21.8 Å². The minimum Gasteiger partial charge on any atom is -0.486 e. The van der Waals surface area contributed by atoms with Crippen LogP contribution in [0.5, 0.6) is 5.75 Å². The zero-order valence-corrected chi connectivity index (χ0v) is 18.4. The van der Waals surface area contributed by atoms with Crippen molar-refractivity contribution in [1.29, 1.82) is 0 Å². The molecule has 2 aromatic carbocycles. The van der Waals surface area contributed by atoms with Crippen LogP contribution < -0.4 is 15.4 Å². The Bertz CT molecular complexity index is 1240. The van der Waals surface area contributed by atoms with Gasteiger partial charge in [0.15, 0.2) is 5.13 Å². The molecular weight excluding hydrogens is 451 g/mol. The molecule has 0 saturated heterocycles. The number of benzene rings is 2. The van der Waals surface area contributed by atoms with E-state index in [0.29, 0.717) is 27.3 Å². The number of thiazole rings is 2. The summed E-state index contributed by atoms with van der Waals surface area (Å²) in [5.74, 6) is -0.314. The molecule has 0 aliphatic rings. The maximum Gasteiger partial charge on any atom is 0.276 e. The van der Waals surface area contributed by atoms with Crippen LogP contribution in [0.4, 0.5) is 15.2 Å². The van der Waals surface area contributed by atoms with E-state index in [-0.39, 0.29) is 29.9 Å². The second kappa shape index (κ2) is 9.67. The summed E-state index contributed by atoms with van der Waals surface area (Å²) in [6.07, 6.45) is 0. The highest BCUT2D eigenvalue weighted by molar-refractivity contribution is 7.14. The van der Waals surface area contributed by atoms with Gasteiger partial charge < -0.3 is 10.1 Å². The molecule has 0 unspecified atom stereocenters. The Kier molecular flexibility index (Phi) is 6.52. The second-order valence-electron chi connectivity index (χ2n) is 6.62. The molecule has 0 bridgehead atoms. The second-order valence-corrected chi connectivity index (χ2v) is 8.42. The van der Waals surface area contributed by atoms with Gasteiger partial charge in [0.1, 0.15) is 28.9 Å². The standard InChI is InChI=1S/C22H17FN4O3S2/c1-13(28)24-16-6-2-14(3-7-16)18-11-32-22(26-18)27-21(29)19-12-31-20(25-19)10-30-17-8-4-15(23)5-9-17/h2-9,11-12H,10H2,1H3,(H,24,28)(H,26,27,29). The Morgan fingerprint density at radius 2 is 1.72 bits per heavy atom. The van der Waals surface area contributed by atoms with E-state index in [4.69, 9.17) is 4.74 Å². The van der Waals surface area contributed by atoms with Crippen molar-refractivity contribution in [1.82, 2.24) is 9.97 Å². The van der Waals surface area contributed by atoms with Crippen molar-refractivity contribution in [2.45, 2.75) is 13.5 Å². The number of nitrogens with one attached hydrogen (secondary N) is 2. The number of anilines is 2.